The first kappa shape index (κ1) is 17.8. The maximum Gasteiger partial charge on any atom is 0.358 e. The summed E-state index contributed by atoms with van der Waals surface area (Å²) in [5.41, 5.74) is -0.148. The Morgan fingerprint density at radius 3 is 2.68 bits per heavy atom. The Balaban J connectivity index is 1.67. The van der Waals surface area contributed by atoms with Crippen molar-refractivity contribution in [2.24, 2.45) is 5.92 Å². The number of carbonyl (C=O) groups excluding carboxylic acids is 1. The molecule has 0 spiro atoms. The van der Waals surface area contributed by atoms with Crippen molar-refractivity contribution in [3.63, 3.8) is 0 Å². The zero-order chi connectivity index (χ0) is 17.8. The molecular formula is C17H26N4O4. The molecule has 2 heterocycles. The molecule has 1 aromatic rings. The zero-order valence-electron chi connectivity index (χ0n) is 14.6. The van der Waals surface area contributed by atoms with Gasteiger partial charge in [0.25, 0.3) is 0 Å². The van der Waals surface area contributed by atoms with Crippen LogP contribution < -0.4 is 0 Å². The highest BCUT2D eigenvalue weighted by Gasteiger charge is 2.31. The van der Waals surface area contributed by atoms with Crippen LogP contribution in [0.4, 0.5) is 0 Å². The summed E-state index contributed by atoms with van der Waals surface area (Å²) >= 11 is 0. The van der Waals surface area contributed by atoms with Crippen molar-refractivity contribution >= 4 is 11.9 Å². The van der Waals surface area contributed by atoms with E-state index >= 15 is 0 Å². The number of carboxylic acid groups (broad SMARTS) is 1. The van der Waals surface area contributed by atoms with Crippen LogP contribution in [0.1, 0.15) is 55.9 Å². The number of aromatic carboxylic acids is 1. The largest absolute Gasteiger partial charge is 0.476 e. The molecule has 2 aliphatic rings. The lowest BCUT2D eigenvalue weighted by molar-refractivity contribution is -0.137. The average molecular weight is 350 g/mol. The van der Waals surface area contributed by atoms with Crippen LogP contribution in [0.2, 0.25) is 0 Å². The summed E-state index contributed by atoms with van der Waals surface area (Å²) in [5, 5.41) is 16.3. The van der Waals surface area contributed by atoms with Crippen molar-refractivity contribution in [1.29, 1.82) is 0 Å². The number of carboxylic acids is 1. The predicted octanol–water partition coefficient (Wildman–Crippen LogP) is 1.56. The van der Waals surface area contributed by atoms with Gasteiger partial charge in [0.1, 0.15) is 6.54 Å². The van der Waals surface area contributed by atoms with Gasteiger partial charge in [0.2, 0.25) is 5.91 Å². The topological polar surface area (TPSA) is 97.5 Å². The molecule has 1 aliphatic heterocycles. The number of hydrogen-bond acceptors (Lipinski definition) is 5. The smallest absolute Gasteiger partial charge is 0.358 e. The minimum absolute atomic E-state index is 0.0129. The van der Waals surface area contributed by atoms with Gasteiger partial charge in [-0.3, -0.25) is 4.79 Å². The van der Waals surface area contributed by atoms with E-state index in [9.17, 15) is 9.59 Å². The van der Waals surface area contributed by atoms with Crippen LogP contribution in [-0.2, 0) is 16.1 Å². The fraction of sp³-hybridized carbons (Fsp3) is 0.765. The third kappa shape index (κ3) is 4.56. The lowest BCUT2D eigenvalue weighted by Gasteiger charge is -2.37. The minimum Gasteiger partial charge on any atom is -0.476 e. The van der Waals surface area contributed by atoms with Crippen molar-refractivity contribution in [2.75, 3.05) is 13.2 Å². The Morgan fingerprint density at radius 1 is 1.32 bits per heavy atom. The van der Waals surface area contributed by atoms with Crippen molar-refractivity contribution in [3.05, 3.63) is 11.9 Å². The molecule has 2 fully saturated rings. The van der Waals surface area contributed by atoms with Gasteiger partial charge in [-0.25, -0.2) is 9.48 Å². The quantitative estimate of drug-likeness (QED) is 0.836. The van der Waals surface area contributed by atoms with Crippen LogP contribution >= 0.6 is 0 Å². The van der Waals surface area contributed by atoms with Gasteiger partial charge >= 0.3 is 5.97 Å². The fourth-order valence-corrected chi connectivity index (χ4v) is 3.72. The molecule has 1 aliphatic carbocycles. The lowest BCUT2D eigenvalue weighted by atomic mass is 9.86. The van der Waals surface area contributed by atoms with Gasteiger partial charge in [0.15, 0.2) is 5.69 Å². The van der Waals surface area contributed by atoms with E-state index in [1.54, 1.807) is 0 Å². The second kappa shape index (κ2) is 7.95. The summed E-state index contributed by atoms with van der Waals surface area (Å²) in [5.74, 6) is -0.475. The molecule has 1 aromatic heterocycles. The number of rotatable bonds is 6. The number of nitrogens with zero attached hydrogens (tertiary/aromatic N) is 4. The monoisotopic (exact) mass is 350 g/mol. The highest BCUT2D eigenvalue weighted by molar-refractivity contribution is 5.84. The van der Waals surface area contributed by atoms with Gasteiger partial charge in [-0.15, -0.1) is 5.10 Å². The van der Waals surface area contributed by atoms with Crippen LogP contribution in [0.25, 0.3) is 0 Å². The average Bonchev–Trinajstić information content (AvgIpc) is 3.25. The molecule has 0 aromatic carbocycles. The molecule has 1 unspecified atom stereocenters. The van der Waals surface area contributed by atoms with Gasteiger partial charge in [0.05, 0.1) is 12.3 Å². The maximum atomic E-state index is 12.9. The summed E-state index contributed by atoms with van der Waals surface area (Å²) in [6.45, 7) is 3.64. The Kier molecular flexibility index (Phi) is 5.67. The molecule has 0 radical (unpaired) electrons. The summed E-state index contributed by atoms with van der Waals surface area (Å²) in [7, 11) is 0. The lowest BCUT2D eigenvalue weighted by Crippen LogP contribution is -2.47. The highest BCUT2D eigenvalue weighted by atomic mass is 16.5. The van der Waals surface area contributed by atoms with Crippen LogP contribution in [0.15, 0.2) is 6.20 Å². The van der Waals surface area contributed by atoms with Crippen molar-refractivity contribution in [1.82, 2.24) is 19.9 Å². The van der Waals surface area contributed by atoms with Gasteiger partial charge in [-0.05, 0) is 44.4 Å². The third-order valence-electron chi connectivity index (χ3n) is 5.23. The molecule has 3 rings (SSSR count). The molecule has 1 N–H and O–H groups in total. The van der Waals surface area contributed by atoms with Crippen LogP contribution in [0.3, 0.4) is 0 Å². The predicted molar refractivity (Wildman–Crippen MR) is 89.1 cm³/mol. The van der Waals surface area contributed by atoms with Gasteiger partial charge in [-0.2, -0.15) is 0 Å². The first-order valence-electron chi connectivity index (χ1n) is 9.07. The molecule has 8 nitrogen and oxygen atoms in total. The van der Waals surface area contributed by atoms with Gasteiger partial charge < -0.3 is 14.7 Å². The normalized spacial score (nSPS) is 26.5. The molecule has 1 saturated heterocycles. The number of carbonyl (C=O) groups is 2. The summed E-state index contributed by atoms with van der Waals surface area (Å²) in [6, 6.07) is 0.232. The van der Waals surface area contributed by atoms with Crippen molar-refractivity contribution < 1.29 is 19.4 Å². The van der Waals surface area contributed by atoms with E-state index < -0.39 is 5.97 Å². The van der Waals surface area contributed by atoms with Crippen molar-refractivity contribution in [2.45, 2.75) is 64.1 Å². The molecular weight excluding hydrogens is 324 g/mol. The SMILES string of the molecule is CC1CCC(N(CC2CCCO2)C(=O)Cn2cc(C(=O)O)nn2)CC1. The first-order chi connectivity index (χ1) is 12.0. The van der Waals surface area contributed by atoms with E-state index in [-0.39, 0.29) is 30.3 Å². The van der Waals surface area contributed by atoms with Gasteiger partial charge in [-0.1, -0.05) is 12.1 Å². The number of ether oxygens (including phenoxy) is 1. The second-order valence-corrected chi connectivity index (χ2v) is 7.20. The molecule has 1 amide bonds. The maximum absolute atomic E-state index is 12.9. The van der Waals surface area contributed by atoms with Crippen LogP contribution in [0, 0.1) is 5.92 Å². The number of amides is 1. The molecule has 1 atom stereocenters. The van der Waals surface area contributed by atoms with E-state index in [4.69, 9.17) is 9.84 Å². The van der Waals surface area contributed by atoms with Crippen molar-refractivity contribution in [3.8, 4) is 0 Å². The van der Waals surface area contributed by atoms with E-state index in [1.807, 2.05) is 4.90 Å². The fourth-order valence-electron chi connectivity index (χ4n) is 3.72. The van der Waals surface area contributed by atoms with E-state index in [1.165, 1.54) is 10.9 Å². The Labute approximate surface area is 147 Å². The minimum atomic E-state index is -1.14. The summed E-state index contributed by atoms with van der Waals surface area (Å²) in [6.07, 6.45) is 7.72. The van der Waals surface area contributed by atoms with Crippen LogP contribution in [-0.4, -0.2) is 62.2 Å². The molecule has 0 bridgehead atoms. The molecule has 1 saturated carbocycles. The highest BCUT2D eigenvalue weighted by Crippen LogP contribution is 2.28. The zero-order valence-corrected chi connectivity index (χ0v) is 14.6. The molecule has 138 valence electrons. The summed E-state index contributed by atoms with van der Waals surface area (Å²) < 4.78 is 7.03. The number of aromatic nitrogens is 3. The number of hydrogen-bond donors (Lipinski definition) is 1. The van der Waals surface area contributed by atoms with Gasteiger partial charge in [0, 0.05) is 19.2 Å². The second-order valence-electron chi connectivity index (χ2n) is 7.20. The standard InChI is InChI=1S/C17H26N4O4/c1-12-4-6-13(7-5-12)21(9-14-3-2-8-25-14)16(22)11-20-10-15(17(23)24)18-19-20/h10,12-14H,2-9,11H2,1H3,(H,23,24). The third-order valence-corrected chi connectivity index (χ3v) is 5.23. The van der Waals surface area contributed by atoms with Crippen LogP contribution in [0.5, 0.6) is 0 Å². The van der Waals surface area contributed by atoms with E-state index in [2.05, 4.69) is 17.2 Å². The Morgan fingerprint density at radius 2 is 2.08 bits per heavy atom. The van der Waals surface area contributed by atoms with E-state index in [0.717, 1.165) is 45.1 Å². The first-order valence-corrected chi connectivity index (χ1v) is 9.07. The Bertz CT molecular complexity index is 604. The molecule has 8 heteroatoms. The summed E-state index contributed by atoms with van der Waals surface area (Å²) in [4.78, 5) is 25.7. The Hall–Kier alpha value is -1.96. The van der Waals surface area contributed by atoms with E-state index in [0.29, 0.717) is 12.5 Å². The molecule has 25 heavy (non-hydrogen) atoms.